The standard InChI is InChI=1S/C20H21N3O/c1-3-15-9-11-17(12-10-15)20(24)22-18(16-7-5-4-6-8-16)19-21-13-14-23(19)2/h4-14,18H,3H2,1-2H3,(H,22,24)/t18-/m0/s1. The fourth-order valence-electron chi connectivity index (χ4n) is 2.70. The summed E-state index contributed by atoms with van der Waals surface area (Å²) in [6, 6.07) is 17.3. The summed E-state index contributed by atoms with van der Waals surface area (Å²) >= 11 is 0. The summed E-state index contributed by atoms with van der Waals surface area (Å²) < 4.78 is 1.93. The highest BCUT2D eigenvalue weighted by Gasteiger charge is 2.21. The highest BCUT2D eigenvalue weighted by atomic mass is 16.1. The number of aryl methyl sites for hydroxylation is 2. The molecule has 2 aromatic carbocycles. The van der Waals surface area contributed by atoms with Crippen LogP contribution in [0.4, 0.5) is 0 Å². The number of rotatable bonds is 5. The lowest BCUT2D eigenvalue weighted by Crippen LogP contribution is -2.31. The maximum atomic E-state index is 12.7. The van der Waals surface area contributed by atoms with Crippen LogP contribution in [0.5, 0.6) is 0 Å². The van der Waals surface area contributed by atoms with Crippen molar-refractivity contribution < 1.29 is 4.79 Å². The maximum absolute atomic E-state index is 12.7. The molecule has 3 aromatic rings. The molecule has 24 heavy (non-hydrogen) atoms. The highest BCUT2D eigenvalue weighted by molar-refractivity contribution is 5.94. The van der Waals surface area contributed by atoms with Crippen LogP contribution in [-0.2, 0) is 13.5 Å². The lowest BCUT2D eigenvalue weighted by Gasteiger charge is -2.19. The Labute approximate surface area is 142 Å². The first-order valence-electron chi connectivity index (χ1n) is 8.11. The van der Waals surface area contributed by atoms with Crippen molar-refractivity contribution in [1.29, 1.82) is 0 Å². The van der Waals surface area contributed by atoms with E-state index in [1.165, 1.54) is 5.56 Å². The van der Waals surface area contributed by atoms with Gasteiger partial charge < -0.3 is 9.88 Å². The molecule has 4 heteroatoms. The molecule has 0 spiro atoms. The molecule has 1 atom stereocenters. The fourth-order valence-corrected chi connectivity index (χ4v) is 2.70. The molecule has 0 aliphatic carbocycles. The monoisotopic (exact) mass is 319 g/mol. The van der Waals surface area contributed by atoms with Gasteiger partial charge in [0.15, 0.2) is 0 Å². The Kier molecular flexibility index (Phi) is 4.75. The molecule has 4 nitrogen and oxygen atoms in total. The SMILES string of the molecule is CCc1ccc(C(=O)N[C@@H](c2ccccc2)c2nccn2C)cc1. The van der Waals surface area contributed by atoms with E-state index < -0.39 is 0 Å². The van der Waals surface area contributed by atoms with E-state index in [9.17, 15) is 4.79 Å². The van der Waals surface area contributed by atoms with Gasteiger partial charge in [-0.2, -0.15) is 0 Å². The number of amides is 1. The summed E-state index contributed by atoms with van der Waals surface area (Å²) in [7, 11) is 1.93. The quantitative estimate of drug-likeness (QED) is 0.782. The van der Waals surface area contributed by atoms with E-state index in [0.717, 1.165) is 17.8 Å². The Bertz CT molecular complexity index is 806. The normalized spacial score (nSPS) is 11.9. The van der Waals surface area contributed by atoms with Crippen molar-refractivity contribution in [2.75, 3.05) is 0 Å². The van der Waals surface area contributed by atoms with Gasteiger partial charge in [0.05, 0.1) is 0 Å². The van der Waals surface area contributed by atoms with Crippen LogP contribution in [0.2, 0.25) is 0 Å². The van der Waals surface area contributed by atoms with Gasteiger partial charge >= 0.3 is 0 Å². The highest BCUT2D eigenvalue weighted by Crippen LogP contribution is 2.21. The first-order chi connectivity index (χ1) is 11.7. The molecule has 1 aromatic heterocycles. The predicted octanol–water partition coefficient (Wildman–Crippen LogP) is 3.50. The van der Waals surface area contributed by atoms with Gasteiger partial charge in [0.2, 0.25) is 0 Å². The van der Waals surface area contributed by atoms with E-state index in [4.69, 9.17) is 0 Å². The number of hydrogen-bond acceptors (Lipinski definition) is 2. The molecule has 0 aliphatic rings. The first kappa shape index (κ1) is 16.0. The molecule has 122 valence electrons. The summed E-state index contributed by atoms with van der Waals surface area (Å²) in [5.41, 5.74) is 2.88. The molecule has 0 bridgehead atoms. The molecule has 0 saturated carbocycles. The number of imidazole rings is 1. The van der Waals surface area contributed by atoms with Crippen LogP contribution < -0.4 is 5.32 Å². The Balaban J connectivity index is 1.89. The molecule has 0 fully saturated rings. The Morgan fingerprint density at radius 2 is 1.83 bits per heavy atom. The number of nitrogens with zero attached hydrogens (tertiary/aromatic N) is 2. The molecule has 0 saturated heterocycles. The fraction of sp³-hybridized carbons (Fsp3) is 0.200. The van der Waals surface area contributed by atoms with Crippen molar-refractivity contribution in [3.05, 3.63) is 89.5 Å². The van der Waals surface area contributed by atoms with Gasteiger partial charge in [-0.25, -0.2) is 4.98 Å². The van der Waals surface area contributed by atoms with E-state index in [2.05, 4.69) is 17.2 Å². The number of carbonyl (C=O) groups excluding carboxylic acids is 1. The summed E-state index contributed by atoms with van der Waals surface area (Å²) in [6.45, 7) is 2.10. The second kappa shape index (κ2) is 7.13. The molecule has 0 aliphatic heterocycles. The van der Waals surface area contributed by atoms with Crippen LogP contribution in [0, 0.1) is 0 Å². The van der Waals surface area contributed by atoms with Crippen LogP contribution >= 0.6 is 0 Å². The Hall–Kier alpha value is -2.88. The van der Waals surface area contributed by atoms with Gasteiger partial charge in [-0.1, -0.05) is 49.4 Å². The molecule has 1 amide bonds. The van der Waals surface area contributed by atoms with Crippen LogP contribution in [0.15, 0.2) is 67.0 Å². The Morgan fingerprint density at radius 3 is 2.42 bits per heavy atom. The van der Waals surface area contributed by atoms with E-state index in [-0.39, 0.29) is 11.9 Å². The third-order valence-electron chi connectivity index (χ3n) is 4.15. The molecular formula is C20H21N3O. The zero-order valence-electron chi connectivity index (χ0n) is 13.9. The second-order valence-electron chi connectivity index (χ2n) is 5.76. The average molecular weight is 319 g/mol. The van der Waals surface area contributed by atoms with Crippen molar-refractivity contribution in [2.24, 2.45) is 7.05 Å². The second-order valence-corrected chi connectivity index (χ2v) is 5.76. The van der Waals surface area contributed by atoms with Gasteiger partial charge in [-0.15, -0.1) is 0 Å². The van der Waals surface area contributed by atoms with Crippen molar-refractivity contribution in [3.8, 4) is 0 Å². The van der Waals surface area contributed by atoms with Crippen molar-refractivity contribution in [2.45, 2.75) is 19.4 Å². The van der Waals surface area contributed by atoms with Crippen LogP contribution in [0.25, 0.3) is 0 Å². The zero-order chi connectivity index (χ0) is 16.9. The van der Waals surface area contributed by atoms with Crippen molar-refractivity contribution in [3.63, 3.8) is 0 Å². The summed E-state index contributed by atoms with van der Waals surface area (Å²) in [6.07, 6.45) is 4.59. The van der Waals surface area contributed by atoms with Crippen molar-refractivity contribution >= 4 is 5.91 Å². The molecule has 0 radical (unpaired) electrons. The molecule has 3 rings (SSSR count). The van der Waals surface area contributed by atoms with Crippen LogP contribution in [0.1, 0.15) is 40.3 Å². The lowest BCUT2D eigenvalue weighted by molar-refractivity contribution is 0.0941. The zero-order valence-corrected chi connectivity index (χ0v) is 13.9. The smallest absolute Gasteiger partial charge is 0.252 e. The van der Waals surface area contributed by atoms with E-state index >= 15 is 0 Å². The minimum atomic E-state index is -0.287. The lowest BCUT2D eigenvalue weighted by atomic mass is 10.0. The minimum absolute atomic E-state index is 0.102. The van der Waals surface area contributed by atoms with Gasteiger partial charge in [-0.3, -0.25) is 4.79 Å². The number of nitrogens with one attached hydrogen (secondary N) is 1. The Morgan fingerprint density at radius 1 is 1.12 bits per heavy atom. The number of benzene rings is 2. The summed E-state index contributed by atoms with van der Waals surface area (Å²) in [5, 5.41) is 3.11. The van der Waals surface area contributed by atoms with Gasteiger partial charge in [0, 0.05) is 25.0 Å². The maximum Gasteiger partial charge on any atom is 0.252 e. The average Bonchev–Trinajstić information content (AvgIpc) is 3.06. The van der Waals surface area contributed by atoms with Gasteiger partial charge in [0.1, 0.15) is 11.9 Å². The van der Waals surface area contributed by atoms with Crippen LogP contribution in [-0.4, -0.2) is 15.5 Å². The van der Waals surface area contributed by atoms with Gasteiger partial charge in [-0.05, 0) is 29.7 Å². The van der Waals surface area contributed by atoms with E-state index in [0.29, 0.717) is 5.56 Å². The topological polar surface area (TPSA) is 46.9 Å². The predicted molar refractivity (Wildman–Crippen MR) is 94.8 cm³/mol. The molecule has 1 heterocycles. The largest absolute Gasteiger partial charge is 0.338 e. The first-order valence-corrected chi connectivity index (χ1v) is 8.11. The van der Waals surface area contributed by atoms with E-state index in [1.54, 1.807) is 6.20 Å². The van der Waals surface area contributed by atoms with Crippen molar-refractivity contribution in [1.82, 2.24) is 14.9 Å². The third kappa shape index (κ3) is 3.38. The molecule has 1 N–H and O–H groups in total. The number of aromatic nitrogens is 2. The summed E-state index contributed by atoms with van der Waals surface area (Å²) in [4.78, 5) is 17.1. The number of carbonyl (C=O) groups is 1. The minimum Gasteiger partial charge on any atom is -0.338 e. The van der Waals surface area contributed by atoms with Crippen LogP contribution in [0.3, 0.4) is 0 Å². The third-order valence-corrected chi connectivity index (χ3v) is 4.15. The number of hydrogen-bond donors (Lipinski definition) is 1. The van der Waals surface area contributed by atoms with Gasteiger partial charge in [0.25, 0.3) is 5.91 Å². The molecular weight excluding hydrogens is 298 g/mol. The molecule has 0 unspecified atom stereocenters. The van der Waals surface area contributed by atoms with E-state index in [1.807, 2.05) is 72.4 Å². The summed E-state index contributed by atoms with van der Waals surface area (Å²) in [5.74, 6) is 0.703.